The molecule has 0 bridgehead atoms. The number of benzene rings is 2. The lowest BCUT2D eigenvalue weighted by molar-refractivity contribution is -0.120. The Morgan fingerprint density at radius 2 is 1.86 bits per heavy atom. The van der Waals surface area contributed by atoms with Crippen LogP contribution in [0.25, 0.3) is 11.5 Å². The summed E-state index contributed by atoms with van der Waals surface area (Å²) in [5.74, 6) is -2.12. The third-order valence-corrected chi connectivity index (χ3v) is 3.87. The Labute approximate surface area is 159 Å². The number of anilines is 1. The summed E-state index contributed by atoms with van der Waals surface area (Å²) in [6, 6.07) is 9.89. The molecule has 0 saturated carbocycles. The third kappa shape index (κ3) is 4.50. The number of halogens is 1. The maximum Gasteiger partial charge on any atom is 0.437 e. The number of nitrogens with one attached hydrogen (secondary N) is 2. The minimum atomic E-state index is -0.871. The summed E-state index contributed by atoms with van der Waals surface area (Å²) in [6.07, 6.45) is 0. The van der Waals surface area contributed by atoms with E-state index in [0.717, 1.165) is 15.8 Å². The average molecular weight is 384 g/mol. The smallest absolute Gasteiger partial charge is 0.388 e. The van der Waals surface area contributed by atoms with Gasteiger partial charge in [-0.05, 0) is 49.7 Å². The van der Waals surface area contributed by atoms with E-state index in [9.17, 15) is 18.8 Å². The third-order valence-electron chi connectivity index (χ3n) is 3.87. The molecule has 28 heavy (non-hydrogen) atoms. The van der Waals surface area contributed by atoms with Crippen LogP contribution in [-0.4, -0.2) is 21.7 Å². The summed E-state index contributed by atoms with van der Waals surface area (Å²) in [7, 11) is 0. The van der Waals surface area contributed by atoms with E-state index >= 15 is 0 Å². The van der Waals surface area contributed by atoms with Crippen LogP contribution >= 0.6 is 0 Å². The van der Waals surface area contributed by atoms with Gasteiger partial charge >= 0.3 is 11.8 Å². The van der Waals surface area contributed by atoms with Crippen molar-refractivity contribution in [1.29, 1.82) is 0 Å². The molecule has 0 radical (unpaired) electrons. The highest BCUT2D eigenvalue weighted by Crippen LogP contribution is 2.16. The van der Waals surface area contributed by atoms with Gasteiger partial charge in [-0.15, -0.1) is 5.10 Å². The predicted octanol–water partition coefficient (Wildman–Crippen LogP) is 2.61. The lowest BCUT2D eigenvalue weighted by atomic mass is 10.1. The van der Waals surface area contributed by atoms with Crippen LogP contribution in [0.5, 0.6) is 0 Å². The zero-order valence-electron chi connectivity index (χ0n) is 15.2. The normalized spacial score (nSPS) is 10.5. The molecule has 0 saturated heterocycles. The molecule has 0 aliphatic rings. The minimum Gasteiger partial charge on any atom is -0.388 e. The first kappa shape index (κ1) is 19.0. The first-order chi connectivity index (χ1) is 13.3. The Hall–Kier alpha value is -3.75. The number of carbonyl (C=O) groups is 2. The van der Waals surface area contributed by atoms with Gasteiger partial charge in [-0.25, -0.2) is 14.0 Å². The van der Waals surface area contributed by atoms with Crippen LogP contribution in [0, 0.1) is 19.7 Å². The van der Waals surface area contributed by atoms with E-state index in [4.69, 9.17) is 4.42 Å². The van der Waals surface area contributed by atoms with Gasteiger partial charge in [0, 0.05) is 11.3 Å². The van der Waals surface area contributed by atoms with Gasteiger partial charge in [0.1, 0.15) is 12.4 Å². The Balaban J connectivity index is 1.64. The molecule has 3 aromatic rings. The van der Waals surface area contributed by atoms with Crippen LogP contribution in [0.2, 0.25) is 0 Å². The van der Waals surface area contributed by atoms with Crippen molar-refractivity contribution in [2.24, 2.45) is 0 Å². The maximum absolute atomic E-state index is 13.0. The van der Waals surface area contributed by atoms with Crippen molar-refractivity contribution in [3.63, 3.8) is 0 Å². The molecule has 0 aliphatic carbocycles. The van der Waals surface area contributed by atoms with E-state index in [-0.39, 0.29) is 5.89 Å². The van der Waals surface area contributed by atoms with Crippen molar-refractivity contribution in [2.45, 2.75) is 20.4 Å². The summed E-state index contributed by atoms with van der Waals surface area (Å²) < 4.78 is 18.7. The highest BCUT2D eigenvalue weighted by atomic mass is 19.1. The Morgan fingerprint density at radius 1 is 1.14 bits per heavy atom. The van der Waals surface area contributed by atoms with Crippen molar-refractivity contribution >= 4 is 17.6 Å². The number of aromatic nitrogens is 2. The first-order valence-corrected chi connectivity index (χ1v) is 8.34. The van der Waals surface area contributed by atoms with Gasteiger partial charge in [-0.2, -0.15) is 4.68 Å². The van der Waals surface area contributed by atoms with E-state index in [1.165, 1.54) is 24.3 Å². The molecule has 0 aliphatic heterocycles. The highest BCUT2D eigenvalue weighted by Gasteiger charge is 2.15. The van der Waals surface area contributed by atoms with Gasteiger partial charge < -0.3 is 9.73 Å². The molecular weight excluding hydrogens is 367 g/mol. The van der Waals surface area contributed by atoms with Crippen molar-refractivity contribution in [2.75, 3.05) is 5.32 Å². The number of hydrogen-bond acceptors (Lipinski definition) is 5. The summed E-state index contributed by atoms with van der Waals surface area (Å²) >= 11 is 0. The number of hydrogen-bond donors (Lipinski definition) is 2. The van der Waals surface area contributed by atoms with E-state index in [2.05, 4.69) is 15.7 Å². The molecular formula is C19H17FN4O4. The molecule has 9 heteroatoms. The zero-order chi connectivity index (χ0) is 20.3. The van der Waals surface area contributed by atoms with Crippen molar-refractivity contribution in [1.82, 2.24) is 15.1 Å². The van der Waals surface area contributed by atoms with Crippen LogP contribution in [0.4, 0.5) is 14.9 Å². The lowest BCUT2D eigenvalue weighted by Crippen LogP contribution is -2.38. The van der Waals surface area contributed by atoms with Gasteiger partial charge in [-0.3, -0.25) is 10.1 Å². The topological polar surface area (TPSA) is 106 Å². The molecule has 0 fully saturated rings. The van der Waals surface area contributed by atoms with Crippen molar-refractivity contribution in [3.05, 3.63) is 70.0 Å². The standard InChI is InChI=1S/C19H17FN4O4/c1-11-3-8-15(12(2)9-11)21-18(26)22-16(25)10-24-19(27)28-17(23-24)13-4-6-14(20)7-5-13/h3-9H,10H2,1-2H3,(H2,21,22,25,26). The molecule has 8 nitrogen and oxygen atoms in total. The fourth-order valence-corrected chi connectivity index (χ4v) is 2.52. The molecule has 2 aromatic carbocycles. The van der Waals surface area contributed by atoms with E-state index in [0.29, 0.717) is 11.3 Å². The van der Waals surface area contributed by atoms with Gasteiger partial charge in [0.25, 0.3) is 0 Å². The largest absolute Gasteiger partial charge is 0.437 e. The number of amides is 3. The van der Waals surface area contributed by atoms with Crippen LogP contribution in [0.15, 0.2) is 51.7 Å². The number of aryl methyl sites for hydroxylation is 2. The van der Waals surface area contributed by atoms with Gasteiger partial charge in [0.05, 0.1) is 0 Å². The molecule has 3 rings (SSSR count). The van der Waals surface area contributed by atoms with E-state index in [1.54, 1.807) is 6.07 Å². The number of nitrogens with zero attached hydrogens (tertiary/aromatic N) is 2. The highest BCUT2D eigenvalue weighted by molar-refractivity contribution is 6.01. The SMILES string of the molecule is Cc1ccc(NC(=O)NC(=O)Cn2nc(-c3ccc(F)cc3)oc2=O)c(C)c1. The van der Waals surface area contributed by atoms with E-state index in [1.807, 2.05) is 26.0 Å². The molecule has 144 valence electrons. The maximum atomic E-state index is 13.0. The zero-order valence-corrected chi connectivity index (χ0v) is 15.2. The fraction of sp³-hybridized carbons (Fsp3) is 0.158. The second kappa shape index (κ2) is 7.87. The van der Waals surface area contributed by atoms with E-state index < -0.39 is 30.1 Å². The summed E-state index contributed by atoms with van der Waals surface area (Å²) in [6.45, 7) is 3.25. The summed E-state index contributed by atoms with van der Waals surface area (Å²) in [5, 5.41) is 8.58. The number of urea groups is 1. The first-order valence-electron chi connectivity index (χ1n) is 8.34. The van der Waals surface area contributed by atoms with Crippen LogP contribution in [-0.2, 0) is 11.3 Å². The quantitative estimate of drug-likeness (QED) is 0.719. The summed E-state index contributed by atoms with van der Waals surface area (Å²) in [4.78, 5) is 35.9. The average Bonchev–Trinajstić information content (AvgIpc) is 2.98. The molecule has 1 aromatic heterocycles. The van der Waals surface area contributed by atoms with Crippen LogP contribution < -0.4 is 16.4 Å². The number of rotatable bonds is 4. The molecule has 2 N–H and O–H groups in total. The van der Waals surface area contributed by atoms with Gasteiger partial charge in [-0.1, -0.05) is 17.7 Å². The van der Waals surface area contributed by atoms with Crippen molar-refractivity contribution < 1.29 is 18.4 Å². The molecule has 0 atom stereocenters. The second-order valence-corrected chi connectivity index (χ2v) is 6.16. The minimum absolute atomic E-state index is 0.0578. The number of imide groups is 1. The Morgan fingerprint density at radius 3 is 2.54 bits per heavy atom. The molecule has 0 unspecified atom stereocenters. The van der Waals surface area contributed by atoms with Crippen LogP contribution in [0.3, 0.4) is 0 Å². The second-order valence-electron chi connectivity index (χ2n) is 6.16. The Bertz CT molecular complexity index is 1090. The molecule has 3 amide bonds. The Kier molecular flexibility index (Phi) is 5.35. The predicted molar refractivity (Wildman–Crippen MR) is 99.2 cm³/mol. The summed E-state index contributed by atoms with van der Waals surface area (Å²) in [5.41, 5.74) is 2.83. The number of carbonyl (C=O) groups excluding carboxylic acids is 2. The van der Waals surface area contributed by atoms with Crippen LogP contribution in [0.1, 0.15) is 11.1 Å². The molecule has 1 heterocycles. The fourth-order valence-electron chi connectivity index (χ4n) is 2.52. The monoisotopic (exact) mass is 384 g/mol. The van der Waals surface area contributed by atoms with Gasteiger partial charge in [0.15, 0.2) is 0 Å². The lowest BCUT2D eigenvalue weighted by Gasteiger charge is -2.09. The van der Waals surface area contributed by atoms with Gasteiger partial charge in [0.2, 0.25) is 11.8 Å². The van der Waals surface area contributed by atoms with Crippen molar-refractivity contribution in [3.8, 4) is 11.5 Å². The molecule has 0 spiro atoms.